The molecule has 2 aromatic carbocycles. The molecule has 6 rings (SSSR count). The highest BCUT2D eigenvalue weighted by molar-refractivity contribution is 5.95. The van der Waals surface area contributed by atoms with E-state index in [9.17, 15) is 9.18 Å². The van der Waals surface area contributed by atoms with Crippen LogP contribution in [-0.2, 0) is 11.3 Å². The summed E-state index contributed by atoms with van der Waals surface area (Å²) in [5.74, 6) is 1.38. The Labute approximate surface area is 181 Å². The van der Waals surface area contributed by atoms with Crippen molar-refractivity contribution < 1.29 is 23.4 Å². The van der Waals surface area contributed by atoms with Crippen molar-refractivity contribution in [3.63, 3.8) is 0 Å². The largest absolute Gasteiger partial charge is 0.486 e. The lowest BCUT2D eigenvalue weighted by atomic mass is 9.84. The molecule has 2 bridgehead atoms. The molecule has 4 heterocycles. The van der Waals surface area contributed by atoms with E-state index in [4.69, 9.17) is 14.2 Å². The van der Waals surface area contributed by atoms with Gasteiger partial charge in [-0.15, -0.1) is 0 Å². The van der Waals surface area contributed by atoms with Gasteiger partial charge in [0.25, 0.3) is 5.91 Å². The van der Waals surface area contributed by atoms with Gasteiger partial charge in [-0.3, -0.25) is 4.79 Å². The lowest BCUT2D eigenvalue weighted by Gasteiger charge is -2.44. The molecule has 164 valence electrons. The van der Waals surface area contributed by atoms with E-state index in [1.54, 1.807) is 36.4 Å². The summed E-state index contributed by atoms with van der Waals surface area (Å²) < 4.78 is 31.1. The Balaban J connectivity index is 1.15. The van der Waals surface area contributed by atoms with Gasteiger partial charge in [0, 0.05) is 23.7 Å². The van der Waals surface area contributed by atoms with Crippen molar-refractivity contribution in [3.05, 3.63) is 59.4 Å². The van der Waals surface area contributed by atoms with Gasteiger partial charge in [-0.05, 0) is 56.1 Å². The second-order valence-corrected chi connectivity index (χ2v) is 8.54. The second kappa shape index (κ2) is 8.85. The molecule has 3 fully saturated rings. The maximum atomic E-state index is 13.7. The SMILES string of the molecule is O=C(N[C@H]1CN2CCC1CC2)c1ccc2c(c1)OC[C@H](COCc1ccccc1F)O2. The summed E-state index contributed by atoms with van der Waals surface area (Å²) in [5, 5.41) is 3.20. The molecule has 0 unspecified atom stereocenters. The minimum atomic E-state index is -0.286. The zero-order valence-electron chi connectivity index (χ0n) is 17.4. The molecule has 7 heteroatoms. The van der Waals surface area contributed by atoms with E-state index < -0.39 is 0 Å². The van der Waals surface area contributed by atoms with Crippen molar-refractivity contribution in [2.24, 2.45) is 5.92 Å². The van der Waals surface area contributed by atoms with Crippen LogP contribution in [0.5, 0.6) is 11.5 Å². The summed E-state index contributed by atoms with van der Waals surface area (Å²) >= 11 is 0. The number of amides is 1. The van der Waals surface area contributed by atoms with Crippen LogP contribution in [0.1, 0.15) is 28.8 Å². The lowest BCUT2D eigenvalue weighted by molar-refractivity contribution is 0.00201. The van der Waals surface area contributed by atoms with Gasteiger partial charge < -0.3 is 24.4 Å². The minimum Gasteiger partial charge on any atom is -0.486 e. The van der Waals surface area contributed by atoms with Crippen molar-refractivity contribution in [1.29, 1.82) is 0 Å². The van der Waals surface area contributed by atoms with Crippen molar-refractivity contribution in [2.45, 2.75) is 31.6 Å². The Morgan fingerprint density at radius 3 is 2.77 bits per heavy atom. The van der Waals surface area contributed by atoms with E-state index in [0.717, 1.165) is 32.5 Å². The number of ether oxygens (including phenoxy) is 3. The quantitative estimate of drug-likeness (QED) is 0.770. The number of benzene rings is 2. The van der Waals surface area contributed by atoms with Gasteiger partial charge in [0.1, 0.15) is 12.4 Å². The Hall–Kier alpha value is -2.64. The first-order valence-electron chi connectivity index (χ1n) is 10.9. The first-order valence-corrected chi connectivity index (χ1v) is 10.9. The molecule has 2 aromatic rings. The maximum Gasteiger partial charge on any atom is 0.251 e. The second-order valence-electron chi connectivity index (χ2n) is 8.54. The summed E-state index contributed by atoms with van der Waals surface area (Å²) in [6.07, 6.45) is 2.03. The average molecular weight is 426 g/mol. The molecule has 31 heavy (non-hydrogen) atoms. The van der Waals surface area contributed by atoms with Crippen molar-refractivity contribution in [2.75, 3.05) is 32.8 Å². The predicted octanol–water partition coefficient (Wildman–Crippen LogP) is 3.01. The smallest absolute Gasteiger partial charge is 0.251 e. The molecule has 4 aliphatic heterocycles. The van der Waals surface area contributed by atoms with Gasteiger partial charge >= 0.3 is 0 Å². The highest BCUT2D eigenvalue weighted by atomic mass is 19.1. The number of carbonyl (C=O) groups is 1. The highest BCUT2D eigenvalue weighted by Gasteiger charge is 2.35. The predicted molar refractivity (Wildman–Crippen MR) is 113 cm³/mol. The van der Waals surface area contributed by atoms with Crippen molar-refractivity contribution >= 4 is 5.91 Å². The van der Waals surface area contributed by atoms with Gasteiger partial charge in [0.15, 0.2) is 17.6 Å². The van der Waals surface area contributed by atoms with Gasteiger partial charge in [0.05, 0.1) is 13.2 Å². The van der Waals surface area contributed by atoms with E-state index in [0.29, 0.717) is 35.2 Å². The third kappa shape index (κ3) is 4.52. The van der Waals surface area contributed by atoms with Crippen LogP contribution < -0.4 is 14.8 Å². The lowest BCUT2D eigenvalue weighted by Crippen LogP contribution is -2.57. The van der Waals surface area contributed by atoms with E-state index in [-0.39, 0.29) is 37.1 Å². The van der Waals surface area contributed by atoms with Crippen LogP contribution in [0.2, 0.25) is 0 Å². The van der Waals surface area contributed by atoms with Crippen molar-refractivity contribution in [3.8, 4) is 11.5 Å². The highest BCUT2D eigenvalue weighted by Crippen LogP contribution is 2.33. The number of nitrogens with zero attached hydrogens (tertiary/aromatic N) is 1. The molecule has 1 N–H and O–H groups in total. The topological polar surface area (TPSA) is 60.0 Å². The van der Waals surface area contributed by atoms with Gasteiger partial charge in [-0.1, -0.05) is 18.2 Å². The fourth-order valence-electron chi connectivity index (χ4n) is 4.63. The zero-order valence-corrected chi connectivity index (χ0v) is 17.4. The van der Waals surface area contributed by atoms with E-state index >= 15 is 0 Å². The molecule has 0 saturated carbocycles. The number of hydrogen-bond acceptors (Lipinski definition) is 5. The number of fused-ring (bicyclic) bond motifs is 4. The van der Waals surface area contributed by atoms with Crippen LogP contribution in [-0.4, -0.2) is 55.8 Å². The first kappa shape index (κ1) is 20.3. The summed E-state index contributed by atoms with van der Waals surface area (Å²) in [7, 11) is 0. The van der Waals surface area contributed by atoms with Crippen LogP contribution in [0, 0.1) is 11.7 Å². The Morgan fingerprint density at radius 2 is 2.00 bits per heavy atom. The Kier molecular flexibility index (Phi) is 5.78. The van der Waals surface area contributed by atoms with Crippen molar-refractivity contribution in [1.82, 2.24) is 10.2 Å². The molecule has 2 atom stereocenters. The van der Waals surface area contributed by atoms with Gasteiger partial charge in [-0.2, -0.15) is 0 Å². The summed E-state index contributed by atoms with van der Waals surface area (Å²) in [6.45, 7) is 4.01. The molecule has 0 aliphatic carbocycles. The normalized spacial score (nSPS) is 26.5. The van der Waals surface area contributed by atoms with E-state index in [1.807, 2.05) is 0 Å². The number of rotatable bonds is 6. The van der Waals surface area contributed by atoms with E-state index in [1.165, 1.54) is 6.07 Å². The number of carbonyl (C=O) groups excluding carboxylic acids is 1. The number of nitrogens with one attached hydrogen (secondary N) is 1. The molecule has 0 radical (unpaired) electrons. The molecule has 0 spiro atoms. The molecular weight excluding hydrogens is 399 g/mol. The number of hydrogen-bond donors (Lipinski definition) is 1. The fourth-order valence-corrected chi connectivity index (χ4v) is 4.63. The molecule has 3 saturated heterocycles. The van der Waals surface area contributed by atoms with Crippen LogP contribution in [0.3, 0.4) is 0 Å². The Morgan fingerprint density at radius 1 is 1.16 bits per heavy atom. The molecule has 0 aromatic heterocycles. The number of halogens is 1. The van der Waals surface area contributed by atoms with Crippen LogP contribution in [0.4, 0.5) is 4.39 Å². The minimum absolute atomic E-state index is 0.0690. The average Bonchev–Trinajstić information content (AvgIpc) is 2.81. The summed E-state index contributed by atoms with van der Waals surface area (Å²) in [6, 6.07) is 12.0. The zero-order chi connectivity index (χ0) is 21.2. The molecule has 1 amide bonds. The van der Waals surface area contributed by atoms with Crippen LogP contribution >= 0.6 is 0 Å². The van der Waals surface area contributed by atoms with Gasteiger partial charge in [-0.25, -0.2) is 4.39 Å². The van der Waals surface area contributed by atoms with Crippen LogP contribution in [0.25, 0.3) is 0 Å². The first-order chi connectivity index (χ1) is 15.2. The van der Waals surface area contributed by atoms with Gasteiger partial charge in [0.2, 0.25) is 0 Å². The molecule has 6 nitrogen and oxygen atoms in total. The molecule has 4 aliphatic rings. The maximum absolute atomic E-state index is 13.7. The third-order valence-electron chi connectivity index (χ3n) is 6.42. The fraction of sp³-hybridized carbons (Fsp3) is 0.458. The van der Waals surface area contributed by atoms with E-state index in [2.05, 4.69) is 10.2 Å². The van der Waals surface area contributed by atoms with Crippen LogP contribution in [0.15, 0.2) is 42.5 Å². The third-order valence-corrected chi connectivity index (χ3v) is 6.42. The standard InChI is InChI=1S/C24H27FN2O4/c25-20-4-2-1-3-18(20)13-29-14-19-15-30-23-11-17(5-6-22(23)31-19)24(28)26-21-12-27-9-7-16(21)8-10-27/h1-6,11,16,19,21H,7-10,12-15H2,(H,26,28)/t19-,21-/m0/s1. The number of piperidine rings is 3. The molecular formula is C24H27FN2O4. The summed E-state index contributed by atoms with van der Waals surface area (Å²) in [4.78, 5) is 15.2. The monoisotopic (exact) mass is 426 g/mol. The summed E-state index contributed by atoms with van der Waals surface area (Å²) in [5.41, 5.74) is 1.09. The Bertz CT molecular complexity index is 945.